The largest absolute Gasteiger partial charge is 0.384 e. The van der Waals surface area contributed by atoms with Gasteiger partial charge in [-0.25, -0.2) is 18.2 Å². The first-order chi connectivity index (χ1) is 9.74. The molecule has 0 bridgehead atoms. The molecular weight excluding hydrogens is 283 g/mol. The predicted octanol–water partition coefficient (Wildman–Crippen LogP) is 1.82. The lowest BCUT2D eigenvalue weighted by atomic mass is 9.83. The molecule has 0 aromatic carbocycles. The number of dihydropyridines is 1. The van der Waals surface area contributed by atoms with Gasteiger partial charge >= 0.3 is 0 Å². The molecule has 0 aliphatic carbocycles. The van der Waals surface area contributed by atoms with Crippen LogP contribution < -0.4 is 5.32 Å². The fraction of sp³-hybridized carbons (Fsp3) is 0.643. The zero-order chi connectivity index (χ0) is 15.4. The second-order valence-corrected chi connectivity index (χ2v) is 6.18. The average Bonchev–Trinajstić information content (AvgIpc) is 2.89. The molecule has 0 spiro atoms. The van der Waals surface area contributed by atoms with Gasteiger partial charge < -0.3 is 5.32 Å². The number of hydrogen-bond donors (Lipinski definition) is 1. The highest BCUT2D eigenvalue weighted by atomic mass is 19.3. The highest BCUT2D eigenvalue weighted by Gasteiger charge is 2.62. The monoisotopic (exact) mass is 301 g/mol. The summed E-state index contributed by atoms with van der Waals surface area (Å²) in [6.45, 7) is 2.73. The minimum absolute atomic E-state index is 0.00125. The molecule has 0 saturated carbocycles. The van der Waals surface area contributed by atoms with Crippen molar-refractivity contribution in [2.24, 2.45) is 5.41 Å². The predicted molar refractivity (Wildman–Crippen MR) is 70.8 cm³/mol. The topological polar surface area (TPSA) is 35.6 Å². The van der Waals surface area contributed by atoms with Crippen molar-refractivity contribution in [1.82, 2.24) is 15.3 Å². The van der Waals surface area contributed by atoms with Crippen molar-refractivity contribution in [3.05, 3.63) is 23.7 Å². The van der Waals surface area contributed by atoms with Crippen LogP contribution in [0.2, 0.25) is 0 Å². The third kappa shape index (κ3) is 2.06. The Balaban J connectivity index is 1.90. The van der Waals surface area contributed by atoms with E-state index in [2.05, 4.69) is 5.32 Å². The molecule has 21 heavy (non-hydrogen) atoms. The summed E-state index contributed by atoms with van der Waals surface area (Å²) in [7, 11) is 0. The SMILES string of the molecule is CC(F)(F)C1(C)CN2CCC(C3=CNCC(F)=C3)N2C1=O. The molecule has 4 nitrogen and oxygen atoms in total. The minimum atomic E-state index is -3.10. The van der Waals surface area contributed by atoms with Gasteiger partial charge in [0.15, 0.2) is 0 Å². The van der Waals surface area contributed by atoms with E-state index in [1.165, 1.54) is 18.0 Å². The number of halogens is 3. The van der Waals surface area contributed by atoms with Crippen molar-refractivity contribution in [3.63, 3.8) is 0 Å². The van der Waals surface area contributed by atoms with Crippen molar-refractivity contribution in [2.45, 2.75) is 32.2 Å². The van der Waals surface area contributed by atoms with Gasteiger partial charge in [0.25, 0.3) is 11.8 Å². The first-order valence-electron chi connectivity index (χ1n) is 7.00. The lowest BCUT2D eigenvalue weighted by Crippen LogP contribution is -2.47. The van der Waals surface area contributed by atoms with Crippen LogP contribution in [0.5, 0.6) is 0 Å². The summed E-state index contributed by atoms with van der Waals surface area (Å²) < 4.78 is 41.0. The molecule has 3 aliphatic rings. The number of fused-ring (bicyclic) bond motifs is 1. The minimum Gasteiger partial charge on any atom is -0.384 e. The van der Waals surface area contributed by atoms with Crippen molar-refractivity contribution in [1.29, 1.82) is 0 Å². The van der Waals surface area contributed by atoms with Crippen LogP contribution in [-0.4, -0.2) is 47.5 Å². The molecule has 1 N–H and O–H groups in total. The number of hydrazine groups is 1. The van der Waals surface area contributed by atoms with E-state index in [4.69, 9.17) is 0 Å². The zero-order valence-electron chi connectivity index (χ0n) is 12.0. The van der Waals surface area contributed by atoms with Gasteiger partial charge in [0.2, 0.25) is 0 Å². The van der Waals surface area contributed by atoms with E-state index < -0.39 is 17.2 Å². The summed E-state index contributed by atoms with van der Waals surface area (Å²) in [4.78, 5) is 12.5. The van der Waals surface area contributed by atoms with E-state index >= 15 is 0 Å². The van der Waals surface area contributed by atoms with Gasteiger partial charge in [-0.3, -0.25) is 9.80 Å². The van der Waals surface area contributed by atoms with Crippen molar-refractivity contribution in [2.75, 3.05) is 19.6 Å². The van der Waals surface area contributed by atoms with Crippen LogP contribution >= 0.6 is 0 Å². The Morgan fingerprint density at radius 3 is 2.81 bits per heavy atom. The zero-order valence-corrected chi connectivity index (χ0v) is 12.0. The fourth-order valence-electron chi connectivity index (χ4n) is 3.18. The van der Waals surface area contributed by atoms with E-state index in [1.54, 1.807) is 11.2 Å². The Hall–Kier alpha value is -1.50. The third-order valence-electron chi connectivity index (χ3n) is 4.66. The number of carbonyl (C=O) groups is 1. The van der Waals surface area contributed by atoms with Crippen LogP contribution in [0.1, 0.15) is 20.3 Å². The summed E-state index contributed by atoms with van der Waals surface area (Å²) >= 11 is 0. The van der Waals surface area contributed by atoms with E-state index in [1.807, 2.05) is 0 Å². The summed E-state index contributed by atoms with van der Waals surface area (Å²) in [5.41, 5.74) is -1.10. The molecule has 3 heterocycles. The van der Waals surface area contributed by atoms with Crippen molar-refractivity contribution < 1.29 is 18.0 Å². The maximum Gasteiger partial charge on any atom is 0.260 e. The van der Waals surface area contributed by atoms with Gasteiger partial charge in [-0.05, 0) is 25.0 Å². The van der Waals surface area contributed by atoms with Crippen LogP contribution in [0, 0.1) is 5.41 Å². The van der Waals surface area contributed by atoms with Crippen LogP contribution in [0.4, 0.5) is 13.2 Å². The summed E-state index contributed by atoms with van der Waals surface area (Å²) in [5.74, 6) is -4.00. The molecule has 0 radical (unpaired) electrons. The van der Waals surface area contributed by atoms with Crippen LogP contribution in [-0.2, 0) is 4.79 Å². The van der Waals surface area contributed by atoms with E-state index in [-0.39, 0.29) is 25.0 Å². The summed E-state index contributed by atoms with van der Waals surface area (Å²) in [6.07, 6.45) is 3.66. The number of alkyl halides is 2. The molecule has 2 unspecified atom stereocenters. The molecule has 3 aliphatic heterocycles. The first kappa shape index (κ1) is 14.4. The number of nitrogens with zero attached hydrogens (tertiary/aromatic N) is 2. The molecule has 7 heteroatoms. The molecule has 2 atom stereocenters. The Bertz CT molecular complexity index is 540. The molecular formula is C14H18F3N3O. The normalized spacial score (nSPS) is 33.7. The van der Waals surface area contributed by atoms with Crippen LogP contribution in [0.3, 0.4) is 0 Å². The van der Waals surface area contributed by atoms with Gasteiger partial charge in [0.1, 0.15) is 11.2 Å². The maximum atomic E-state index is 13.8. The van der Waals surface area contributed by atoms with E-state index in [0.29, 0.717) is 18.5 Å². The molecule has 3 rings (SSSR count). The standard InChI is InChI=1S/C14H18F3N3O/c1-13(14(2,16)17)8-19-4-3-11(20(19)12(13)21)9-5-10(15)7-18-6-9/h5-6,11,18H,3-4,7-8H2,1-2H3. The van der Waals surface area contributed by atoms with Gasteiger partial charge in [0.05, 0.1) is 12.6 Å². The molecule has 0 aromatic rings. The second-order valence-electron chi connectivity index (χ2n) is 6.18. The number of amides is 1. The molecule has 2 saturated heterocycles. The van der Waals surface area contributed by atoms with Crippen LogP contribution in [0.15, 0.2) is 23.7 Å². The molecule has 2 fully saturated rings. The highest BCUT2D eigenvalue weighted by Crippen LogP contribution is 2.46. The number of nitrogens with one attached hydrogen (secondary N) is 1. The number of rotatable bonds is 2. The Morgan fingerprint density at radius 1 is 1.48 bits per heavy atom. The molecule has 1 amide bonds. The van der Waals surface area contributed by atoms with Crippen molar-refractivity contribution in [3.8, 4) is 0 Å². The number of hydrogen-bond acceptors (Lipinski definition) is 3. The smallest absolute Gasteiger partial charge is 0.260 e. The number of carbonyl (C=O) groups excluding carboxylic acids is 1. The van der Waals surface area contributed by atoms with Crippen molar-refractivity contribution >= 4 is 5.91 Å². The Kier molecular flexibility index (Phi) is 3.09. The van der Waals surface area contributed by atoms with Gasteiger partial charge in [0, 0.05) is 26.2 Å². The van der Waals surface area contributed by atoms with Crippen LogP contribution in [0.25, 0.3) is 0 Å². The summed E-state index contributed by atoms with van der Waals surface area (Å²) in [6, 6.07) is -0.375. The molecule has 116 valence electrons. The van der Waals surface area contributed by atoms with E-state index in [9.17, 15) is 18.0 Å². The average molecular weight is 301 g/mol. The molecule has 0 aromatic heterocycles. The first-order valence-corrected chi connectivity index (χ1v) is 7.00. The lowest BCUT2D eigenvalue weighted by Gasteiger charge is -2.30. The third-order valence-corrected chi connectivity index (χ3v) is 4.66. The quantitative estimate of drug-likeness (QED) is 0.845. The maximum absolute atomic E-state index is 13.8. The van der Waals surface area contributed by atoms with Gasteiger partial charge in [-0.15, -0.1) is 0 Å². The fourth-order valence-corrected chi connectivity index (χ4v) is 3.18. The van der Waals surface area contributed by atoms with Gasteiger partial charge in [-0.1, -0.05) is 0 Å². The highest BCUT2D eigenvalue weighted by molar-refractivity contribution is 5.86. The second kappa shape index (κ2) is 4.50. The Labute approximate surface area is 121 Å². The van der Waals surface area contributed by atoms with Gasteiger partial charge in [-0.2, -0.15) is 0 Å². The van der Waals surface area contributed by atoms with E-state index in [0.717, 1.165) is 6.92 Å². The Morgan fingerprint density at radius 2 is 2.19 bits per heavy atom. The summed E-state index contributed by atoms with van der Waals surface area (Å²) in [5, 5.41) is 5.84. The lowest BCUT2D eigenvalue weighted by molar-refractivity contribution is -0.156.